The molecule has 0 aromatic carbocycles. The lowest BCUT2D eigenvalue weighted by Gasteiger charge is -2.01. The molecule has 0 radical (unpaired) electrons. The summed E-state index contributed by atoms with van der Waals surface area (Å²) in [6, 6.07) is 0. The molecule has 1 heterocycles. The Balaban J connectivity index is 2.39. The lowest BCUT2D eigenvalue weighted by Crippen LogP contribution is -2.23. The van der Waals surface area contributed by atoms with E-state index in [9.17, 15) is 4.79 Å². The molecule has 0 spiro atoms. The van der Waals surface area contributed by atoms with Crippen molar-refractivity contribution < 1.29 is 19.0 Å². The predicted molar refractivity (Wildman–Crippen MR) is 37.2 cm³/mol. The molecule has 64 valence electrons. The fourth-order valence-electron chi connectivity index (χ4n) is 1.04. The number of hydrogen-bond acceptors (Lipinski definition) is 4. The molecule has 0 aromatic heterocycles. The normalized spacial score (nSPS) is 35.0. The molecule has 0 aromatic rings. The Morgan fingerprint density at radius 3 is 2.73 bits per heavy atom. The predicted octanol–water partition coefficient (Wildman–Crippen LogP) is -0.0367. The Morgan fingerprint density at radius 2 is 2.27 bits per heavy atom. The molecule has 4 nitrogen and oxygen atoms in total. The summed E-state index contributed by atoms with van der Waals surface area (Å²) in [6.45, 7) is 2.24. The quantitative estimate of drug-likeness (QED) is 0.429. The van der Waals surface area contributed by atoms with E-state index in [2.05, 4.69) is 4.74 Å². The van der Waals surface area contributed by atoms with E-state index in [-0.39, 0.29) is 5.97 Å². The van der Waals surface area contributed by atoms with Crippen molar-refractivity contribution in [2.24, 2.45) is 0 Å². The molecule has 0 amide bonds. The molecule has 2 atom stereocenters. The molecule has 0 bridgehead atoms. The number of ether oxygens (including phenoxy) is 3. The maximum atomic E-state index is 10.9. The average molecular weight is 160 g/mol. The van der Waals surface area contributed by atoms with Crippen molar-refractivity contribution in [3.05, 3.63) is 0 Å². The molecule has 11 heavy (non-hydrogen) atoms. The Kier molecular flexibility index (Phi) is 2.15. The SMILES string of the molecule is COC[C@]1(C)O[C@@H]1C(=O)OC. The van der Waals surface area contributed by atoms with Gasteiger partial charge in [-0.3, -0.25) is 0 Å². The van der Waals surface area contributed by atoms with Crippen molar-refractivity contribution in [3.63, 3.8) is 0 Å². The summed E-state index contributed by atoms with van der Waals surface area (Å²) in [4.78, 5) is 10.9. The van der Waals surface area contributed by atoms with E-state index in [1.54, 1.807) is 7.11 Å². The van der Waals surface area contributed by atoms with Crippen molar-refractivity contribution >= 4 is 5.97 Å². The molecule has 1 saturated heterocycles. The molecule has 4 heteroatoms. The van der Waals surface area contributed by atoms with E-state index in [0.29, 0.717) is 6.61 Å². The summed E-state index contributed by atoms with van der Waals surface area (Å²) < 4.78 is 14.5. The third-order valence-electron chi connectivity index (χ3n) is 1.73. The Hall–Kier alpha value is -0.610. The number of epoxide rings is 1. The molecule has 1 aliphatic heterocycles. The van der Waals surface area contributed by atoms with Crippen LogP contribution in [0.4, 0.5) is 0 Å². The minimum atomic E-state index is -0.457. The van der Waals surface area contributed by atoms with Crippen LogP contribution >= 0.6 is 0 Å². The van der Waals surface area contributed by atoms with Gasteiger partial charge in [-0.15, -0.1) is 0 Å². The van der Waals surface area contributed by atoms with E-state index in [1.807, 2.05) is 6.92 Å². The van der Waals surface area contributed by atoms with Crippen LogP contribution in [0.15, 0.2) is 0 Å². The zero-order valence-electron chi connectivity index (χ0n) is 6.92. The second-order valence-electron chi connectivity index (χ2n) is 2.77. The molecule has 1 fully saturated rings. The van der Waals surface area contributed by atoms with Gasteiger partial charge in [-0.1, -0.05) is 0 Å². The topological polar surface area (TPSA) is 48.1 Å². The number of esters is 1. The molecule has 1 rings (SSSR count). The highest BCUT2D eigenvalue weighted by atomic mass is 16.7. The highest BCUT2D eigenvalue weighted by molar-refractivity contribution is 5.79. The van der Waals surface area contributed by atoms with Gasteiger partial charge in [-0.25, -0.2) is 4.79 Å². The lowest BCUT2D eigenvalue weighted by atomic mass is 10.1. The Morgan fingerprint density at radius 1 is 1.64 bits per heavy atom. The molecule has 0 unspecified atom stereocenters. The van der Waals surface area contributed by atoms with Crippen LogP contribution in [0.25, 0.3) is 0 Å². The van der Waals surface area contributed by atoms with Gasteiger partial charge in [0.2, 0.25) is 0 Å². The van der Waals surface area contributed by atoms with Crippen LogP contribution in [0.3, 0.4) is 0 Å². The monoisotopic (exact) mass is 160 g/mol. The van der Waals surface area contributed by atoms with Crippen LogP contribution in [0, 0.1) is 0 Å². The minimum Gasteiger partial charge on any atom is -0.467 e. The highest BCUT2D eigenvalue weighted by Gasteiger charge is 2.58. The Labute approximate surface area is 65.4 Å². The third-order valence-corrected chi connectivity index (χ3v) is 1.73. The first kappa shape index (κ1) is 8.49. The lowest BCUT2D eigenvalue weighted by molar-refractivity contribution is -0.142. The first-order valence-corrected chi connectivity index (χ1v) is 3.38. The molecule has 0 N–H and O–H groups in total. The Bertz CT molecular complexity index is 168. The highest BCUT2D eigenvalue weighted by Crippen LogP contribution is 2.36. The second kappa shape index (κ2) is 2.79. The van der Waals surface area contributed by atoms with Crippen LogP contribution in [-0.4, -0.2) is 38.5 Å². The number of carbonyl (C=O) groups excluding carboxylic acids is 1. The number of rotatable bonds is 3. The summed E-state index contributed by atoms with van der Waals surface area (Å²) in [6.07, 6.45) is -0.438. The van der Waals surface area contributed by atoms with Gasteiger partial charge >= 0.3 is 5.97 Å². The van der Waals surface area contributed by atoms with Crippen molar-refractivity contribution in [2.75, 3.05) is 20.8 Å². The average Bonchev–Trinajstić information content (AvgIpc) is 2.62. The van der Waals surface area contributed by atoms with Gasteiger partial charge in [-0.2, -0.15) is 0 Å². The standard InChI is InChI=1S/C7H12O4/c1-7(4-9-2)5(11-7)6(8)10-3/h5H,4H2,1-3H3/t5-,7+/m1/s1. The van der Waals surface area contributed by atoms with E-state index >= 15 is 0 Å². The number of carbonyl (C=O) groups is 1. The first-order valence-electron chi connectivity index (χ1n) is 3.38. The fraction of sp³-hybridized carbons (Fsp3) is 0.857. The maximum Gasteiger partial charge on any atom is 0.338 e. The molecule has 0 saturated carbocycles. The van der Waals surface area contributed by atoms with Crippen molar-refractivity contribution in [2.45, 2.75) is 18.6 Å². The van der Waals surface area contributed by atoms with Gasteiger partial charge in [0.15, 0.2) is 6.10 Å². The molecule has 0 aliphatic carbocycles. The van der Waals surface area contributed by atoms with Gasteiger partial charge < -0.3 is 14.2 Å². The van der Waals surface area contributed by atoms with Crippen molar-refractivity contribution in [1.82, 2.24) is 0 Å². The fourth-order valence-corrected chi connectivity index (χ4v) is 1.04. The van der Waals surface area contributed by atoms with Gasteiger partial charge in [0.05, 0.1) is 13.7 Å². The zero-order valence-corrected chi connectivity index (χ0v) is 6.92. The first-order chi connectivity index (χ1) is 5.14. The summed E-state index contributed by atoms with van der Waals surface area (Å²) in [7, 11) is 2.92. The second-order valence-corrected chi connectivity index (χ2v) is 2.77. The van der Waals surface area contributed by atoms with Gasteiger partial charge in [0.25, 0.3) is 0 Å². The van der Waals surface area contributed by atoms with Crippen LogP contribution < -0.4 is 0 Å². The van der Waals surface area contributed by atoms with Crippen LogP contribution in [-0.2, 0) is 19.0 Å². The van der Waals surface area contributed by atoms with Gasteiger partial charge in [0, 0.05) is 7.11 Å². The number of hydrogen-bond donors (Lipinski definition) is 0. The summed E-state index contributed by atoms with van der Waals surface area (Å²) in [5.74, 6) is -0.329. The number of methoxy groups -OCH3 is 2. The van der Waals surface area contributed by atoms with Gasteiger partial charge in [0.1, 0.15) is 5.60 Å². The van der Waals surface area contributed by atoms with Crippen LogP contribution in [0.5, 0.6) is 0 Å². The van der Waals surface area contributed by atoms with E-state index in [1.165, 1.54) is 7.11 Å². The summed E-state index contributed by atoms with van der Waals surface area (Å²) >= 11 is 0. The van der Waals surface area contributed by atoms with Crippen LogP contribution in [0.2, 0.25) is 0 Å². The van der Waals surface area contributed by atoms with Crippen molar-refractivity contribution in [1.29, 1.82) is 0 Å². The molecule has 1 aliphatic rings. The summed E-state index contributed by atoms with van der Waals surface area (Å²) in [5.41, 5.74) is -0.457. The molecular weight excluding hydrogens is 148 g/mol. The minimum absolute atomic E-state index is 0.329. The zero-order chi connectivity index (χ0) is 8.48. The van der Waals surface area contributed by atoms with E-state index < -0.39 is 11.7 Å². The van der Waals surface area contributed by atoms with Gasteiger partial charge in [-0.05, 0) is 6.92 Å². The van der Waals surface area contributed by atoms with E-state index in [0.717, 1.165) is 0 Å². The third kappa shape index (κ3) is 1.52. The summed E-state index contributed by atoms with van der Waals surface area (Å²) in [5, 5.41) is 0. The van der Waals surface area contributed by atoms with Crippen LogP contribution in [0.1, 0.15) is 6.92 Å². The van der Waals surface area contributed by atoms with E-state index in [4.69, 9.17) is 9.47 Å². The largest absolute Gasteiger partial charge is 0.467 e. The maximum absolute atomic E-state index is 10.9. The van der Waals surface area contributed by atoms with Crippen molar-refractivity contribution in [3.8, 4) is 0 Å². The smallest absolute Gasteiger partial charge is 0.338 e. The molecular formula is C7H12O4.